The van der Waals surface area contributed by atoms with Crippen molar-refractivity contribution in [2.45, 2.75) is 65.3 Å². The number of halogens is 1. The summed E-state index contributed by atoms with van der Waals surface area (Å²) in [6.45, 7) is 7.22. The van der Waals surface area contributed by atoms with Crippen molar-refractivity contribution in [1.29, 1.82) is 0 Å². The number of aryl methyl sites for hydroxylation is 2. The van der Waals surface area contributed by atoms with Crippen LogP contribution in [0, 0.1) is 6.92 Å². The van der Waals surface area contributed by atoms with E-state index < -0.39 is 0 Å². The molecule has 2 aromatic rings. The summed E-state index contributed by atoms with van der Waals surface area (Å²) >= 11 is 5.66. The van der Waals surface area contributed by atoms with Crippen molar-refractivity contribution in [3.05, 3.63) is 65.2 Å². The first-order valence-corrected chi connectivity index (χ1v) is 14.0. The van der Waals surface area contributed by atoms with Crippen LogP contribution in [-0.4, -0.2) is 50.7 Å². The number of unbranched alkanes of at least 4 members (excludes halogenated alkanes) is 3. The second kappa shape index (κ2) is 18.8. The number of alkyl halides is 1. The molecular weight excluding hydrogens is 488 g/mol. The molecule has 1 N–H and O–H groups in total. The molecule has 37 heavy (non-hydrogen) atoms. The first-order chi connectivity index (χ1) is 18.1. The molecule has 0 spiro atoms. The molecule has 7 heteroatoms. The number of para-hydroxylation sites is 1. The van der Waals surface area contributed by atoms with E-state index in [0.29, 0.717) is 32.9 Å². The molecule has 0 saturated carbocycles. The molecule has 0 fully saturated rings. The minimum absolute atomic E-state index is 0.0635. The summed E-state index contributed by atoms with van der Waals surface area (Å²) < 4.78 is 11.1. The molecule has 2 rings (SSSR count). The molecule has 0 unspecified atom stereocenters. The zero-order valence-electron chi connectivity index (χ0n) is 22.5. The van der Waals surface area contributed by atoms with Crippen LogP contribution in [0.1, 0.15) is 62.1 Å². The Morgan fingerprint density at radius 3 is 2.24 bits per heavy atom. The largest absolute Gasteiger partial charge is 0.379 e. The molecule has 0 radical (unpaired) electrons. The number of rotatable bonds is 19. The van der Waals surface area contributed by atoms with Crippen molar-refractivity contribution in [3.8, 4) is 0 Å². The Balaban J connectivity index is 1.72. The van der Waals surface area contributed by atoms with Gasteiger partial charge in [0.25, 0.3) is 0 Å². The number of hydrogen-bond donors (Lipinski definition) is 1. The Kier molecular flexibility index (Phi) is 15.6. The van der Waals surface area contributed by atoms with Gasteiger partial charge in [0.05, 0.1) is 26.4 Å². The van der Waals surface area contributed by atoms with Gasteiger partial charge in [0.15, 0.2) is 0 Å². The van der Waals surface area contributed by atoms with Crippen LogP contribution < -0.4 is 10.2 Å². The van der Waals surface area contributed by atoms with Gasteiger partial charge in [0.1, 0.15) is 0 Å². The minimum atomic E-state index is -0.149. The highest BCUT2D eigenvalue weighted by molar-refractivity contribution is 6.17. The van der Waals surface area contributed by atoms with Gasteiger partial charge >= 0.3 is 0 Å². The van der Waals surface area contributed by atoms with Gasteiger partial charge in [-0.2, -0.15) is 0 Å². The minimum Gasteiger partial charge on any atom is -0.379 e. The smallest absolute Gasteiger partial charge is 0.227 e. The predicted molar refractivity (Wildman–Crippen MR) is 151 cm³/mol. The fraction of sp³-hybridized carbons (Fsp3) is 0.533. The summed E-state index contributed by atoms with van der Waals surface area (Å²) in [5, 5.41) is 2.84. The van der Waals surface area contributed by atoms with Crippen LogP contribution in [0.4, 0.5) is 5.69 Å². The van der Waals surface area contributed by atoms with Gasteiger partial charge in [-0.25, -0.2) is 0 Å². The van der Waals surface area contributed by atoms with Gasteiger partial charge in [0, 0.05) is 37.6 Å². The topological polar surface area (TPSA) is 67.9 Å². The number of hydrogen-bond acceptors (Lipinski definition) is 4. The van der Waals surface area contributed by atoms with Gasteiger partial charge in [-0.3, -0.25) is 9.59 Å². The Hall–Kier alpha value is -2.41. The maximum Gasteiger partial charge on any atom is 0.227 e. The number of nitrogens with zero attached hydrogens (tertiary/aromatic N) is 1. The second-order valence-electron chi connectivity index (χ2n) is 9.07. The molecule has 204 valence electrons. The third kappa shape index (κ3) is 12.1. The number of anilines is 1. The van der Waals surface area contributed by atoms with E-state index in [2.05, 4.69) is 24.4 Å². The van der Waals surface area contributed by atoms with Gasteiger partial charge in [-0.1, -0.05) is 62.2 Å². The SMILES string of the molecule is CCc1ccccc1CN(C(=O)CCC(=O)NCCOCCOCCCCCCCl)c1ccccc1C. The predicted octanol–water partition coefficient (Wildman–Crippen LogP) is 5.82. The quantitative estimate of drug-likeness (QED) is 0.183. The van der Waals surface area contributed by atoms with Crippen LogP contribution in [0.5, 0.6) is 0 Å². The van der Waals surface area contributed by atoms with Gasteiger partial charge < -0.3 is 19.7 Å². The number of benzene rings is 2. The standard InChI is InChI=1S/C30H43ClN2O4/c1-3-26-13-7-8-14-27(26)24-33(28-15-9-6-12-25(28)2)30(35)17-16-29(34)32-19-21-37-23-22-36-20-11-5-4-10-18-31/h6-9,12-15H,3-5,10-11,16-24H2,1-2H3,(H,32,34). The number of amides is 2. The second-order valence-corrected chi connectivity index (χ2v) is 9.44. The van der Waals surface area contributed by atoms with Crippen molar-refractivity contribution < 1.29 is 19.1 Å². The average Bonchev–Trinajstić information content (AvgIpc) is 2.91. The number of nitrogens with one attached hydrogen (secondary N) is 1. The van der Waals surface area contributed by atoms with Gasteiger partial charge in [0.2, 0.25) is 11.8 Å². The maximum absolute atomic E-state index is 13.3. The van der Waals surface area contributed by atoms with E-state index in [-0.39, 0.29) is 24.7 Å². The monoisotopic (exact) mass is 530 g/mol. The van der Waals surface area contributed by atoms with Gasteiger partial charge in [-0.15, -0.1) is 11.6 Å². The third-order valence-corrected chi connectivity index (χ3v) is 6.48. The lowest BCUT2D eigenvalue weighted by atomic mass is 10.0. The normalized spacial score (nSPS) is 10.9. The van der Waals surface area contributed by atoms with E-state index in [9.17, 15) is 9.59 Å². The Morgan fingerprint density at radius 1 is 0.838 bits per heavy atom. The lowest BCUT2D eigenvalue weighted by molar-refractivity contribution is -0.125. The molecule has 0 aliphatic rings. The molecule has 0 heterocycles. The van der Waals surface area contributed by atoms with E-state index in [1.54, 1.807) is 4.90 Å². The summed E-state index contributed by atoms with van der Waals surface area (Å²) in [5.74, 6) is 0.511. The van der Waals surface area contributed by atoms with Crippen LogP contribution in [0.25, 0.3) is 0 Å². The Labute approximate surface area is 227 Å². The van der Waals surface area contributed by atoms with E-state index in [1.807, 2.05) is 43.3 Å². The van der Waals surface area contributed by atoms with Gasteiger partial charge in [-0.05, 0) is 48.9 Å². The molecule has 2 aromatic carbocycles. The van der Waals surface area contributed by atoms with E-state index in [1.165, 1.54) is 5.56 Å². The molecule has 0 saturated heterocycles. The van der Waals surface area contributed by atoms with Crippen molar-refractivity contribution in [1.82, 2.24) is 5.32 Å². The van der Waals surface area contributed by atoms with Crippen LogP contribution in [-0.2, 0) is 32.0 Å². The van der Waals surface area contributed by atoms with E-state index >= 15 is 0 Å². The number of carbonyl (C=O) groups is 2. The molecule has 0 bridgehead atoms. The highest BCUT2D eigenvalue weighted by Gasteiger charge is 2.20. The summed E-state index contributed by atoms with van der Waals surface area (Å²) in [5.41, 5.74) is 4.25. The van der Waals surface area contributed by atoms with Crippen LogP contribution in [0.3, 0.4) is 0 Å². The highest BCUT2D eigenvalue weighted by Crippen LogP contribution is 2.24. The molecule has 0 aliphatic carbocycles. The average molecular weight is 531 g/mol. The molecular formula is C30H43ClN2O4. The summed E-state index contributed by atoms with van der Waals surface area (Å²) in [7, 11) is 0. The molecule has 0 aliphatic heterocycles. The van der Waals surface area contributed by atoms with E-state index in [0.717, 1.165) is 61.4 Å². The van der Waals surface area contributed by atoms with Crippen LogP contribution in [0.2, 0.25) is 0 Å². The van der Waals surface area contributed by atoms with Crippen molar-refractivity contribution in [2.24, 2.45) is 0 Å². The Morgan fingerprint density at radius 2 is 1.51 bits per heavy atom. The maximum atomic E-state index is 13.3. The molecule has 0 aromatic heterocycles. The molecule has 0 atom stereocenters. The lowest BCUT2D eigenvalue weighted by Gasteiger charge is -2.26. The number of carbonyl (C=O) groups excluding carboxylic acids is 2. The van der Waals surface area contributed by atoms with Crippen LogP contribution >= 0.6 is 11.6 Å². The molecule has 2 amide bonds. The fourth-order valence-electron chi connectivity index (χ4n) is 4.08. The van der Waals surface area contributed by atoms with Crippen LogP contribution in [0.15, 0.2) is 48.5 Å². The Bertz CT molecular complexity index is 937. The van der Waals surface area contributed by atoms with Crippen molar-refractivity contribution in [3.63, 3.8) is 0 Å². The first-order valence-electron chi connectivity index (χ1n) is 13.5. The zero-order valence-corrected chi connectivity index (χ0v) is 23.2. The zero-order chi connectivity index (χ0) is 26.7. The summed E-state index contributed by atoms with van der Waals surface area (Å²) in [6, 6.07) is 16.1. The lowest BCUT2D eigenvalue weighted by Crippen LogP contribution is -2.33. The number of ether oxygens (including phenoxy) is 2. The van der Waals surface area contributed by atoms with Crippen molar-refractivity contribution in [2.75, 3.05) is 43.8 Å². The van der Waals surface area contributed by atoms with Crippen molar-refractivity contribution >= 4 is 29.1 Å². The molecule has 6 nitrogen and oxygen atoms in total. The fourth-order valence-corrected chi connectivity index (χ4v) is 4.27. The third-order valence-electron chi connectivity index (χ3n) is 6.21. The van der Waals surface area contributed by atoms with E-state index in [4.69, 9.17) is 21.1 Å². The summed E-state index contributed by atoms with van der Waals surface area (Å²) in [6.07, 6.45) is 5.57. The summed E-state index contributed by atoms with van der Waals surface area (Å²) in [4.78, 5) is 27.4. The highest BCUT2D eigenvalue weighted by atomic mass is 35.5. The first kappa shape index (κ1) is 30.8.